The molecule has 0 radical (unpaired) electrons. The highest BCUT2D eigenvalue weighted by atomic mass is 16.4. The molecule has 0 saturated heterocycles. The van der Waals surface area contributed by atoms with Crippen molar-refractivity contribution in [1.29, 1.82) is 0 Å². The number of aromatic amines is 2. The molecule has 9 N–H and O–H groups in total. The molecule has 0 amide bonds. The van der Waals surface area contributed by atoms with Crippen LogP contribution in [0.15, 0.2) is 58.1 Å². The SMILES string of the molecule is NC(N)=NC/C(=C\C(=O)O)[C@H](CC[C@H](CCCCCCCCCCO)Cc1ccc(=O)[nH]c1)Nc1ccc[nH]1. The molecule has 0 spiro atoms. The number of pyridine rings is 1. The third kappa shape index (κ3) is 14.3. The lowest BCUT2D eigenvalue weighted by atomic mass is 9.87. The average Bonchev–Trinajstić information content (AvgIpc) is 3.42. The van der Waals surface area contributed by atoms with Crippen molar-refractivity contribution >= 4 is 17.7 Å². The van der Waals surface area contributed by atoms with E-state index in [1.54, 1.807) is 12.3 Å². The number of nitrogens with zero attached hydrogens (tertiary/aromatic N) is 1. The van der Waals surface area contributed by atoms with Gasteiger partial charge in [0.05, 0.1) is 12.6 Å². The predicted molar refractivity (Wildman–Crippen MR) is 157 cm³/mol. The number of nitrogens with one attached hydrogen (secondary N) is 3. The summed E-state index contributed by atoms with van der Waals surface area (Å²) in [5.41, 5.74) is 12.6. The van der Waals surface area contributed by atoms with Crippen LogP contribution in [0.3, 0.4) is 0 Å². The van der Waals surface area contributed by atoms with Crippen LogP contribution in [0.25, 0.3) is 0 Å². The lowest BCUT2D eigenvalue weighted by molar-refractivity contribution is -0.131. The molecular formula is C29H46N6O4. The van der Waals surface area contributed by atoms with Gasteiger partial charge in [-0.1, -0.05) is 57.4 Å². The van der Waals surface area contributed by atoms with E-state index in [-0.39, 0.29) is 30.7 Å². The van der Waals surface area contributed by atoms with Gasteiger partial charge in [0.15, 0.2) is 5.96 Å². The Labute approximate surface area is 231 Å². The van der Waals surface area contributed by atoms with Crippen LogP contribution in [0.2, 0.25) is 0 Å². The Bertz CT molecular complexity index is 1040. The third-order valence-corrected chi connectivity index (χ3v) is 6.89. The lowest BCUT2D eigenvalue weighted by Crippen LogP contribution is -2.28. The van der Waals surface area contributed by atoms with Crippen molar-refractivity contribution in [1.82, 2.24) is 9.97 Å². The van der Waals surface area contributed by atoms with Gasteiger partial charge >= 0.3 is 5.97 Å². The molecule has 0 bridgehead atoms. The molecule has 2 aromatic rings. The largest absolute Gasteiger partial charge is 0.478 e. The van der Waals surface area contributed by atoms with Crippen molar-refractivity contribution < 1.29 is 15.0 Å². The highest BCUT2D eigenvalue weighted by Crippen LogP contribution is 2.25. The van der Waals surface area contributed by atoms with Gasteiger partial charge in [-0.15, -0.1) is 0 Å². The van der Waals surface area contributed by atoms with E-state index in [0.29, 0.717) is 17.9 Å². The number of carboxylic acid groups (broad SMARTS) is 1. The molecule has 0 aliphatic rings. The van der Waals surface area contributed by atoms with Gasteiger partial charge in [-0.25, -0.2) is 9.79 Å². The number of hydrogen-bond acceptors (Lipinski definition) is 5. The van der Waals surface area contributed by atoms with Gasteiger partial charge in [0.2, 0.25) is 5.56 Å². The molecule has 216 valence electrons. The number of carboxylic acids is 1. The molecule has 0 fully saturated rings. The van der Waals surface area contributed by atoms with Crippen molar-refractivity contribution in [3.63, 3.8) is 0 Å². The summed E-state index contributed by atoms with van der Waals surface area (Å²) in [5, 5.41) is 21.8. The van der Waals surface area contributed by atoms with Gasteiger partial charge in [-0.2, -0.15) is 0 Å². The van der Waals surface area contributed by atoms with Gasteiger partial charge in [0.1, 0.15) is 5.82 Å². The lowest BCUT2D eigenvalue weighted by Gasteiger charge is -2.24. The molecular weight excluding hydrogens is 496 g/mol. The monoisotopic (exact) mass is 542 g/mol. The molecule has 0 aliphatic carbocycles. The fourth-order valence-corrected chi connectivity index (χ4v) is 4.82. The number of aliphatic hydroxyl groups is 1. The molecule has 2 heterocycles. The van der Waals surface area contributed by atoms with Gasteiger partial charge < -0.3 is 37.0 Å². The molecule has 10 heteroatoms. The van der Waals surface area contributed by atoms with Crippen LogP contribution in [-0.4, -0.2) is 51.3 Å². The highest BCUT2D eigenvalue weighted by Gasteiger charge is 2.19. The first-order valence-corrected chi connectivity index (χ1v) is 14.0. The zero-order chi connectivity index (χ0) is 28.3. The van der Waals surface area contributed by atoms with E-state index in [0.717, 1.165) is 49.9 Å². The summed E-state index contributed by atoms with van der Waals surface area (Å²) in [4.78, 5) is 33.1. The fourth-order valence-electron chi connectivity index (χ4n) is 4.82. The van der Waals surface area contributed by atoms with Crippen LogP contribution in [0.4, 0.5) is 5.82 Å². The van der Waals surface area contributed by atoms with E-state index in [2.05, 4.69) is 20.3 Å². The molecule has 0 aromatic carbocycles. The first-order valence-electron chi connectivity index (χ1n) is 14.0. The molecule has 10 nitrogen and oxygen atoms in total. The number of unbranched alkanes of at least 4 members (excludes halogenated alkanes) is 7. The molecule has 2 aromatic heterocycles. The second kappa shape index (κ2) is 18.7. The smallest absolute Gasteiger partial charge is 0.328 e. The van der Waals surface area contributed by atoms with Crippen molar-refractivity contribution in [3.8, 4) is 0 Å². The zero-order valence-corrected chi connectivity index (χ0v) is 22.9. The summed E-state index contributed by atoms with van der Waals surface area (Å²) < 4.78 is 0. The molecule has 2 rings (SSSR count). The van der Waals surface area contributed by atoms with E-state index in [9.17, 15) is 14.7 Å². The van der Waals surface area contributed by atoms with Gasteiger partial charge in [-0.3, -0.25) is 4.79 Å². The number of aliphatic imine (C=N–C) groups is 1. The molecule has 39 heavy (non-hydrogen) atoms. The molecule has 0 aliphatic heterocycles. The maximum atomic E-state index is 11.6. The third-order valence-electron chi connectivity index (χ3n) is 6.89. The van der Waals surface area contributed by atoms with Gasteiger partial charge in [0, 0.05) is 31.1 Å². The topological polar surface area (TPSA) is 183 Å². The van der Waals surface area contributed by atoms with Crippen molar-refractivity contribution in [2.75, 3.05) is 18.5 Å². The second-order valence-corrected chi connectivity index (χ2v) is 10.1. The van der Waals surface area contributed by atoms with Crippen LogP contribution >= 0.6 is 0 Å². The first kappa shape index (κ1) is 31.7. The van der Waals surface area contributed by atoms with E-state index in [4.69, 9.17) is 16.6 Å². The number of hydrogen-bond donors (Lipinski definition) is 7. The van der Waals surface area contributed by atoms with Crippen LogP contribution < -0.4 is 22.3 Å². The molecule has 0 saturated carbocycles. The number of aromatic nitrogens is 2. The van der Waals surface area contributed by atoms with E-state index in [1.807, 2.05) is 24.4 Å². The van der Waals surface area contributed by atoms with E-state index < -0.39 is 5.97 Å². The number of guanidine groups is 1. The molecule has 0 unspecified atom stereocenters. The summed E-state index contributed by atoms with van der Waals surface area (Å²) in [6.45, 7) is 0.371. The normalized spacial score (nSPS) is 13.1. The Morgan fingerprint density at radius 1 is 0.974 bits per heavy atom. The Hall–Kier alpha value is -3.53. The summed E-state index contributed by atoms with van der Waals surface area (Å²) >= 11 is 0. The standard InChI is InChI=1S/C29H46N6O4/c30-29(31)34-21-24(19-28(38)39)25(35-26-11-9-16-32-26)14-12-22(18-23-13-15-27(37)33-20-23)10-7-5-3-1-2-4-6-8-17-36/h9,11,13,15-16,19-20,22,25,32,35-36H,1-8,10,12,14,17-18,21H2,(H,33,37)(H,38,39)(H4,30,31,34)/b24-19+/t22-,25-/m0/s1. The minimum Gasteiger partial charge on any atom is -0.478 e. The summed E-state index contributed by atoms with van der Waals surface area (Å²) in [6.07, 6.45) is 17.3. The Morgan fingerprint density at radius 2 is 1.69 bits per heavy atom. The predicted octanol–water partition coefficient (Wildman–Crippen LogP) is 3.91. The quantitative estimate of drug-likeness (QED) is 0.0540. The maximum absolute atomic E-state index is 11.6. The minimum atomic E-state index is -1.05. The highest BCUT2D eigenvalue weighted by molar-refractivity contribution is 5.81. The van der Waals surface area contributed by atoms with Gasteiger partial charge in [-0.05, 0) is 54.9 Å². The summed E-state index contributed by atoms with van der Waals surface area (Å²) in [6, 6.07) is 6.93. The number of aliphatic carboxylic acids is 1. The summed E-state index contributed by atoms with van der Waals surface area (Å²) in [5.74, 6) is 0.0178. The maximum Gasteiger partial charge on any atom is 0.328 e. The summed E-state index contributed by atoms with van der Waals surface area (Å²) in [7, 11) is 0. The van der Waals surface area contributed by atoms with Crippen LogP contribution in [0.5, 0.6) is 0 Å². The van der Waals surface area contributed by atoms with Crippen LogP contribution in [-0.2, 0) is 11.2 Å². The van der Waals surface area contributed by atoms with Gasteiger partial charge in [0.25, 0.3) is 0 Å². The van der Waals surface area contributed by atoms with Crippen LogP contribution in [0.1, 0.15) is 76.2 Å². The second-order valence-electron chi connectivity index (χ2n) is 10.1. The Balaban J connectivity index is 2.06. The van der Waals surface area contributed by atoms with Crippen LogP contribution in [0, 0.1) is 5.92 Å². The Morgan fingerprint density at radius 3 is 2.28 bits per heavy atom. The van der Waals surface area contributed by atoms with Crippen molar-refractivity contribution in [3.05, 3.63) is 64.2 Å². The van der Waals surface area contributed by atoms with Crippen molar-refractivity contribution in [2.24, 2.45) is 22.4 Å². The average molecular weight is 543 g/mol. The minimum absolute atomic E-state index is 0.0887. The number of nitrogens with two attached hydrogens (primary N) is 2. The van der Waals surface area contributed by atoms with Crippen molar-refractivity contribution in [2.45, 2.75) is 83.1 Å². The number of H-pyrrole nitrogens is 2. The number of carbonyl (C=O) groups is 1. The zero-order valence-electron chi connectivity index (χ0n) is 22.9. The number of aliphatic hydroxyl groups excluding tert-OH is 1. The van der Waals surface area contributed by atoms with E-state index >= 15 is 0 Å². The first-order chi connectivity index (χ1) is 18.9. The number of rotatable bonds is 21. The Kier molecular flexibility index (Phi) is 15.2. The van der Waals surface area contributed by atoms with E-state index in [1.165, 1.54) is 38.2 Å². The fraction of sp³-hybridized carbons (Fsp3) is 0.552. The molecule has 2 atom stereocenters. The number of anilines is 1.